The van der Waals surface area contributed by atoms with Gasteiger partial charge in [-0.25, -0.2) is 0 Å². The maximum Gasteiger partial charge on any atom is 0.248 e. The van der Waals surface area contributed by atoms with Gasteiger partial charge in [0.25, 0.3) is 0 Å². The van der Waals surface area contributed by atoms with Gasteiger partial charge in [-0.05, 0) is 37.7 Å². The number of ether oxygens (including phenoxy) is 1. The minimum atomic E-state index is -0.612. The second kappa shape index (κ2) is 7.34. The third-order valence-electron chi connectivity index (χ3n) is 5.24. The first kappa shape index (κ1) is 17.0. The Morgan fingerprint density at radius 2 is 2.17 bits per heavy atom. The smallest absolute Gasteiger partial charge is 0.248 e. The second-order valence-corrected chi connectivity index (χ2v) is 6.68. The van der Waals surface area contributed by atoms with Gasteiger partial charge in [-0.3, -0.25) is 14.7 Å². The van der Waals surface area contributed by atoms with E-state index in [2.05, 4.69) is 10.2 Å². The minimum Gasteiger partial charge on any atom is -0.383 e. The molecule has 24 heavy (non-hydrogen) atoms. The van der Waals surface area contributed by atoms with E-state index in [4.69, 9.17) is 4.74 Å². The Kier molecular flexibility index (Phi) is 5.18. The molecule has 0 aliphatic carbocycles. The van der Waals surface area contributed by atoms with Crippen molar-refractivity contribution in [2.24, 2.45) is 0 Å². The average Bonchev–Trinajstić information content (AvgIpc) is 3.24. The van der Waals surface area contributed by atoms with Gasteiger partial charge in [0, 0.05) is 39.4 Å². The van der Waals surface area contributed by atoms with Crippen LogP contribution in [-0.4, -0.2) is 70.7 Å². The number of piperidine rings is 1. The quantitative estimate of drug-likeness (QED) is 0.841. The van der Waals surface area contributed by atoms with Gasteiger partial charge in [0.15, 0.2) is 0 Å². The first-order valence-electron chi connectivity index (χ1n) is 8.74. The van der Waals surface area contributed by atoms with Crippen LogP contribution < -0.4 is 0 Å². The first-order chi connectivity index (χ1) is 11.7. The van der Waals surface area contributed by atoms with E-state index in [1.54, 1.807) is 13.3 Å². The van der Waals surface area contributed by atoms with Crippen LogP contribution in [0.25, 0.3) is 0 Å². The number of aromatic nitrogens is 2. The van der Waals surface area contributed by atoms with Gasteiger partial charge in [0.1, 0.15) is 5.54 Å². The Hall–Kier alpha value is -1.89. The van der Waals surface area contributed by atoms with Gasteiger partial charge >= 0.3 is 0 Å². The van der Waals surface area contributed by atoms with Crippen LogP contribution in [-0.2, 0) is 20.7 Å². The standard InChI is InChI=1S/C17H26N4O3/c1-24-11-10-20-8-2-6-17(16(20)23)7-3-9-21(17)15(22)5-4-14-12-18-19-13-14/h12-13H,2-11H2,1H3,(H,18,19). The lowest BCUT2D eigenvalue weighted by atomic mass is 9.85. The number of aryl methyl sites for hydroxylation is 1. The van der Waals surface area contributed by atoms with E-state index in [0.717, 1.165) is 37.8 Å². The fourth-order valence-electron chi connectivity index (χ4n) is 4.00. The maximum absolute atomic E-state index is 13.1. The molecule has 2 aliphatic heterocycles. The Morgan fingerprint density at radius 1 is 1.38 bits per heavy atom. The summed E-state index contributed by atoms with van der Waals surface area (Å²) in [4.78, 5) is 29.6. The SMILES string of the molecule is COCCN1CCCC2(CCCN2C(=O)CCc2cn[nH]c2)C1=O. The predicted molar refractivity (Wildman–Crippen MR) is 88.3 cm³/mol. The summed E-state index contributed by atoms with van der Waals surface area (Å²) in [5, 5.41) is 6.67. The van der Waals surface area contributed by atoms with Crippen LogP contribution in [0.2, 0.25) is 0 Å². The molecule has 0 saturated carbocycles. The number of hydrogen-bond acceptors (Lipinski definition) is 4. The van der Waals surface area contributed by atoms with Crippen LogP contribution in [0.4, 0.5) is 0 Å². The summed E-state index contributed by atoms with van der Waals surface area (Å²) in [7, 11) is 1.64. The highest BCUT2D eigenvalue weighted by molar-refractivity contribution is 5.92. The van der Waals surface area contributed by atoms with Crippen molar-refractivity contribution in [1.29, 1.82) is 0 Å². The maximum atomic E-state index is 13.1. The molecule has 3 heterocycles. The number of nitrogens with one attached hydrogen (secondary N) is 1. The van der Waals surface area contributed by atoms with Crippen molar-refractivity contribution in [3.8, 4) is 0 Å². The number of nitrogens with zero attached hydrogens (tertiary/aromatic N) is 3. The number of carbonyl (C=O) groups excluding carboxylic acids is 2. The van der Waals surface area contributed by atoms with E-state index in [0.29, 0.717) is 32.5 Å². The highest BCUT2D eigenvalue weighted by Crippen LogP contribution is 2.38. The lowest BCUT2D eigenvalue weighted by Crippen LogP contribution is -2.61. The van der Waals surface area contributed by atoms with E-state index >= 15 is 0 Å². The molecule has 7 nitrogen and oxygen atoms in total. The predicted octanol–water partition coefficient (Wildman–Crippen LogP) is 0.972. The molecule has 7 heteroatoms. The number of aromatic amines is 1. The van der Waals surface area contributed by atoms with E-state index in [1.165, 1.54) is 0 Å². The molecule has 1 N–H and O–H groups in total. The molecule has 1 spiro atoms. The minimum absolute atomic E-state index is 0.0793. The van der Waals surface area contributed by atoms with Crippen LogP contribution in [0, 0.1) is 0 Å². The molecule has 2 fully saturated rings. The number of hydrogen-bond donors (Lipinski definition) is 1. The lowest BCUT2D eigenvalue weighted by molar-refractivity contribution is -0.155. The highest BCUT2D eigenvalue weighted by Gasteiger charge is 2.52. The number of carbonyl (C=O) groups is 2. The normalized spacial score (nSPS) is 24.1. The number of amides is 2. The van der Waals surface area contributed by atoms with Crippen molar-refractivity contribution < 1.29 is 14.3 Å². The zero-order chi connectivity index (χ0) is 17.0. The van der Waals surface area contributed by atoms with Gasteiger partial charge < -0.3 is 14.5 Å². The lowest BCUT2D eigenvalue weighted by Gasteiger charge is -2.44. The molecule has 132 valence electrons. The van der Waals surface area contributed by atoms with Crippen molar-refractivity contribution in [1.82, 2.24) is 20.0 Å². The molecule has 1 aromatic rings. The molecule has 0 aromatic carbocycles. The summed E-state index contributed by atoms with van der Waals surface area (Å²) >= 11 is 0. The summed E-state index contributed by atoms with van der Waals surface area (Å²) in [6, 6.07) is 0. The summed E-state index contributed by atoms with van der Waals surface area (Å²) in [5.41, 5.74) is 0.410. The Bertz CT molecular complexity index is 574. The molecule has 0 radical (unpaired) electrons. The van der Waals surface area contributed by atoms with Crippen LogP contribution in [0.3, 0.4) is 0 Å². The third-order valence-corrected chi connectivity index (χ3v) is 5.24. The summed E-state index contributed by atoms with van der Waals surface area (Å²) < 4.78 is 5.11. The van der Waals surface area contributed by atoms with Crippen LogP contribution in [0.5, 0.6) is 0 Å². The summed E-state index contributed by atoms with van der Waals surface area (Å²) in [6.07, 6.45) is 8.05. The monoisotopic (exact) mass is 334 g/mol. The highest BCUT2D eigenvalue weighted by atomic mass is 16.5. The Morgan fingerprint density at radius 3 is 2.88 bits per heavy atom. The fourth-order valence-corrected chi connectivity index (χ4v) is 4.00. The number of likely N-dealkylation sites (tertiary alicyclic amines) is 2. The van der Waals surface area contributed by atoms with Gasteiger partial charge in [-0.2, -0.15) is 5.10 Å². The van der Waals surface area contributed by atoms with Gasteiger partial charge in [0.2, 0.25) is 11.8 Å². The third kappa shape index (κ3) is 3.17. The molecule has 2 amide bonds. The van der Waals surface area contributed by atoms with Crippen molar-refractivity contribution >= 4 is 11.8 Å². The van der Waals surface area contributed by atoms with E-state index in [1.807, 2.05) is 16.0 Å². The first-order valence-corrected chi connectivity index (χ1v) is 8.74. The van der Waals surface area contributed by atoms with Crippen molar-refractivity contribution in [3.63, 3.8) is 0 Å². The van der Waals surface area contributed by atoms with Crippen molar-refractivity contribution in [2.75, 3.05) is 33.4 Å². The van der Waals surface area contributed by atoms with Crippen molar-refractivity contribution in [3.05, 3.63) is 18.0 Å². The number of methoxy groups -OCH3 is 1. The second-order valence-electron chi connectivity index (χ2n) is 6.68. The summed E-state index contributed by atoms with van der Waals surface area (Å²) in [6.45, 7) is 2.60. The zero-order valence-corrected chi connectivity index (χ0v) is 14.3. The van der Waals surface area contributed by atoms with Crippen molar-refractivity contribution in [2.45, 2.75) is 44.1 Å². The average molecular weight is 334 g/mol. The topological polar surface area (TPSA) is 78.5 Å². The molecule has 0 bridgehead atoms. The van der Waals surface area contributed by atoms with E-state index in [-0.39, 0.29) is 11.8 Å². The van der Waals surface area contributed by atoms with E-state index < -0.39 is 5.54 Å². The number of rotatable bonds is 6. The molecule has 2 saturated heterocycles. The van der Waals surface area contributed by atoms with Gasteiger partial charge in [-0.1, -0.05) is 0 Å². The molecule has 1 aromatic heterocycles. The van der Waals surface area contributed by atoms with E-state index in [9.17, 15) is 9.59 Å². The molecule has 2 aliphatic rings. The zero-order valence-electron chi connectivity index (χ0n) is 14.3. The Labute approximate surface area is 142 Å². The Balaban J connectivity index is 1.68. The largest absolute Gasteiger partial charge is 0.383 e. The van der Waals surface area contributed by atoms with Crippen LogP contribution in [0.15, 0.2) is 12.4 Å². The van der Waals surface area contributed by atoms with Gasteiger partial charge in [-0.15, -0.1) is 0 Å². The molecule has 3 rings (SSSR count). The molecule has 1 unspecified atom stereocenters. The van der Waals surface area contributed by atoms with Crippen LogP contribution >= 0.6 is 0 Å². The fraction of sp³-hybridized carbons (Fsp3) is 0.706. The molecular formula is C17H26N4O3. The van der Waals surface area contributed by atoms with Crippen LogP contribution in [0.1, 0.15) is 37.7 Å². The van der Waals surface area contributed by atoms with Gasteiger partial charge in [0.05, 0.1) is 12.8 Å². The summed E-state index contributed by atoms with van der Waals surface area (Å²) in [5.74, 6) is 0.190. The molecular weight excluding hydrogens is 308 g/mol. The number of H-pyrrole nitrogens is 1. The molecule has 1 atom stereocenters.